The van der Waals surface area contributed by atoms with E-state index in [1.54, 1.807) is 19.2 Å². The minimum Gasteiger partial charge on any atom is -0.348 e. The molecule has 0 N–H and O–H groups in total. The van der Waals surface area contributed by atoms with Crippen LogP contribution < -0.4 is 4.90 Å². The average molecular weight is 289 g/mol. The molecular formula is C14H19N5O2. The second-order valence-corrected chi connectivity index (χ2v) is 5.19. The number of hydrogen-bond donors (Lipinski definition) is 0. The Balaban J connectivity index is 2.13. The summed E-state index contributed by atoms with van der Waals surface area (Å²) in [7, 11) is 0. The first-order valence-electron chi connectivity index (χ1n) is 7.06. The van der Waals surface area contributed by atoms with Crippen molar-refractivity contribution in [2.75, 3.05) is 31.1 Å². The fraction of sp³-hybridized carbons (Fsp3) is 0.571. The van der Waals surface area contributed by atoms with E-state index in [-0.39, 0.29) is 16.7 Å². The number of hydrogen-bond acceptors (Lipinski definition) is 6. The molecule has 0 amide bonds. The number of pyridine rings is 1. The van der Waals surface area contributed by atoms with E-state index in [4.69, 9.17) is 5.26 Å². The zero-order chi connectivity index (χ0) is 15.4. The van der Waals surface area contributed by atoms with Crippen LogP contribution in [0.2, 0.25) is 0 Å². The highest BCUT2D eigenvalue weighted by Crippen LogP contribution is 2.27. The molecule has 1 aliphatic heterocycles. The van der Waals surface area contributed by atoms with Gasteiger partial charge in [0.15, 0.2) is 0 Å². The summed E-state index contributed by atoms with van der Waals surface area (Å²) in [5, 5.41) is 20.3. The van der Waals surface area contributed by atoms with Gasteiger partial charge in [-0.2, -0.15) is 5.26 Å². The van der Waals surface area contributed by atoms with E-state index in [1.165, 1.54) is 0 Å². The van der Waals surface area contributed by atoms with Crippen molar-refractivity contribution in [2.45, 2.75) is 26.3 Å². The second kappa shape index (κ2) is 6.50. The molecule has 0 aromatic carbocycles. The van der Waals surface area contributed by atoms with Gasteiger partial charge in [0.1, 0.15) is 0 Å². The molecule has 7 heteroatoms. The van der Waals surface area contributed by atoms with E-state index >= 15 is 0 Å². The van der Waals surface area contributed by atoms with Gasteiger partial charge in [0, 0.05) is 38.4 Å². The van der Waals surface area contributed by atoms with Crippen LogP contribution in [0.3, 0.4) is 0 Å². The molecule has 1 aliphatic rings. The van der Waals surface area contributed by atoms with Crippen molar-refractivity contribution in [3.05, 3.63) is 27.9 Å². The van der Waals surface area contributed by atoms with E-state index in [2.05, 4.69) is 16.0 Å². The van der Waals surface area contributed by atoms with Crippen molar-refractivity contribution in [3.8, 4) is 6.07 Å². The third-order valence-electron chi connectivity index (χ3n) is 3.77. The second-order valence-electron chi connectivity index (χ2n) is 5.19. The van der Waals surface area contributed by atoms with Gasteiger partial charge in [0.2, 0.25) is 5.82 Å². The zero-order valence-electron chi connectivity index (χ0n) is 12.3. The quantitative estimate of drug-likeness (QED) is 0.619. The maximum absolute atomic E-state index is 11.2. The number of rotatable bonds is 4. The zero-order valence-corrected chi connectivity index (χ0v) is 12.3. The van der Waals surface area contributed by atoms with Gasteiger partial charge in [-0.1, -0.05) is 6.92 Å². The Labute approximate surface area is 123 Å². The summed E-state index contributed by atoms with van der Waals surface area (Å²) in [5.41, 5.74) is 0.829. The van der Waals surface area contributed by atoms with E-state index in [1.807, 2.05) is 11.8 Å². The van der Waals surface area contributed by atoms with Crippen LogP contribution >= 0.6 is 0 Å². The van der Waals surface area contributed by atoms with Crippen LogP contribution in [0.1, 0.15) is 18.9 Å². The molecule has 0 radical (unpaired) electrons. The van der Waals surface area contributed by atoms with Crippen LogP contribution in [-0.2, 0) is 0 Å². The highest BCUT2D eigenvalue weighted by atomic mass is 16.6. The van der Waals surface area contributed by atoms with Gasteiger partial charge in [0.05, 0.1) is 17.0 Å². The summed E-state index contributed by atoms with van der Waals surface area (Å²) in [6, 6.07) is 3.78. The lowest BCUT2D eigenvalue weighted by Gasteiger charge is -2.36. The van der Waals surface area contributed by atoms with Crippen molar-refractivity contribution in [1.82, 2.24) is 9.88 Å². The fourth-order valence-electron chi connectivity index (χ4n) is 2.60. The van der Waals surface area contributed by atoms with Gasteiger partial charge < -0.3 is 4.90 Å². The SMILES string of the molecule is CCC(C#N)N1CCN(c2ncc(C)cc2[N+](=O)[O-])CC1. The first-order chi connectivity index (χ1) is 10.1. The minimum atomic E-state index is -0.383. The third kappa shape index (κ3) is 3.28. The predicted molar refractivity (Wildman–Crippen MR) is 79.1 cm³/mol. The van der Waals surface area contributed by atoms with E-state index in [0.717, 1.165) is 25.1 Å². The smallest absolute Gasteiger partial charge is 0.311 e. The van der Waals surface area contributed by atoms with E-state index < -0.39 is 0 Å². The normalized spacial score (nSPS) is 17.3. The van der Waals surface area contributed by atoms with Crippen molar-refractivity contribution in [2.24, 2.45) is 0 Å². The molecule has 1 aromatic rings. The topological polar surface area (TPSA) is 86.3 Å². The largest absolute Gasteiger partial charge is 0.348 e. The van der Waals surface area contributed by atoms with Gasteiger partial charge in [-0.3, -0.25) is 15.0 Å². The number of anilines is 1. The van der Waals surface area contributed by atoms with Gasteiger partial charge >= 0.3 is 5.69 Å². The van der Waals surface area contributed by atoms with E-state index in [9.17, 15) is 10.1 Å². The summed E-state index contributed by atoms with van der Waals surface area (Å²) in [4.78, 5) is 19.1. The predicted octanol–water partition coefficient (Wildman–Crippen LogP) is 1.72. The van der Waals surface area contributed by atoms with Crippen LogP contribution in [0.25, 0.3) is 0 Å². The maximum atomic E-state index is 11.2. The number of nitrogens with zero attached hydrogens (tertiary/aromatic N) is 5. The van der Waals surface area contributed by atoms with Crippen LogP contribution in [0.4, 0.5) is 11.5 Å². The van der Waals surface area contributed by atoms with Crippen LogP contribution in [0.15, 0.2) is 12.3 Å². The molecule has 1 fully saturated rings. The Hall–Kier alpha value is -2.20. The molecule has 0 bridgehead atoms. The number of piperazine rings is 1. The standard InChI is InChI=1S/C14H19N5O2/c1-3-12(9-15)17-4-6-18(7-5-17)14-13(19(20)21)8-11(2)10-16-14/h8,10,12H,3-7H2,1-2H3. The Bertz CT molecular complexity index is 561. The number of nitro groups is 1. The lowest BCUT2D eigenvalue weighted by Crippen LogP contribution is -2.50. The van der Waals surface area contributed by atoms with Gasteiger partial charge in [-0.15, -0.1) is 0 Å². The molecule has 2 rings (SSSR count). The van der Waals surface area contributed by atoms with Crippen LogP contribution in [0, 0.1) is 28.4 Å². The number of aromatic nitrogens is 1. The van der Waals surface area contributed by atoms with Crippen molar-refractivity contribution in [3.63, 3.8) is 0 Å². The summed E-state index contributed by atoms with van der Waals surface area (Å²) in [6.45, 7) is 6.52. The molecule has 0 saturated carbocycles. The molecule has 21 heavy (non-hydrogen) atoms. The Morgan fingerprint density at radius 2 is 2.14 bits per heavy atom. The van der Waals surface area contributed by atoms with Crippen LogP contribution in [-0.4, -0.2) is 47.0 Å². The summed E-state index contributed by atoms with van der Waals surface area (Å²) in [5.74, 6) is 0.426. The molecule has 0 aliphatic carbocycles. The molecule has 1 saturated heterocycles. The highest BCUT2D eigenvalue weighted by molar-refractivity contribution is 5.58. The van der Waals surface area contributed by atoms with Gasteiger partial charge in [-0.25, -0.2) is 4.98 Å². The van der Waals surface area contributed by atoms with E-state index in [0.29, 0.717) is 18.9 Å². The molecule has 2 heterocycles. The molecule has 1 atom stereocenters. The molecule has 1 unspecified atom stereocenters. The average Bonchev–Trinajstić information content (AvgIpc) is 2.49. The minimum absolute atomic E-state index is 0.0516. The Morgan fingerprint density at radius 1 is 1.48 bits per heavy atom. The first-order valence-corrected chi connectivity index (χ1v) is 7.06. The number of nitriles is 1. The van der Waals surface area contributed by atoms with Crippen molar-refractivity contribution < 1.29 is 4.92 Å². The van der Waals surface area contributed by atoms with Crippen LogP contribution in [0.5, 0.6) is 0 Å². The number of aryl methyl sites for hydroxylation is 1. The van der Waals surface area contributed by atoms with Crippen molar-refractivity contribution in [1.29, 1.82) is 5.26 Å². The Kier molecular flexibility index (Phi) is 4.70. The fourth-order valence-corrected chi connectivity index (χ4v) is 2.60. The van der Waals surface area contributed by atoms with Crippen molar-refractivity contribution >= 4 is 11.5 Å². The summed E-state index contributed by atoms with van der Waals surface area (Å²) in [6.07, 6.45) is 2.44. The molecule has 0 spiro atoms. The molecular weight excluding hydrogens is 270 g/mol. The Morgan fingerprint density at radius 3 is 2.67 bits per heavy atom. The molecule has 7 nitrogen and oxygen atoms in total. The summed E-state index contributed by atoms with van der Waals surface area (Å²) >= 11 is 0. The molecule has 1 aromatic heterocycles. The lowest BCUT2D eigenvalue weighted by atomic mass is 10.1. The monoisotopic (exact) mass is 289 g/mol. The lowest BCUT2D eigenvalue weighted by molar-refractivity contribution is -0.384. The van der Waals surface area contributed by atoms with Gasteiger partial charge in [-0.05, 0) is 18.9 Å². The van der Waals surface area contributed by atoms with Gasteiger partial charge in [0.25, 0.3) is 0 Å². The highest BCUT2D eigenvalue weighted by Gasteiger charge is 2.27. The third-order valence-corrected chi connectivity index (χ3v) is 3.77. The molecule has 112 valence electrons. The summed E-state index contributed by atoms with van der Waals surface area (Å²) < 4.78 is 0. The maximum Gasteiger partial charge on any atom is 0.311 e. The first kappa shape index (κ1) is 15.2.